The monoisotopic (exact) mass is 255 g/mol. The second kappa shape index (κ2) is 8.17. The zero-order valence-corrected chi connectivity index (χ0v) is 11.4. The van der Waals surface area contributed by atoms with Gasteiger partial charge in [-0.15, -0.1) is 0 Å². The number of unbranched alkanes of at least 4 members (excludes halogenated alkanes) is 3. The van der Waals surface area contributed by atoms with Gasteiger partial charge in [0.2, 0.25) is 5.91 Å². The van der Waals surface area contributed by atoms with E-state index in [4.69, 9.17) is 0 Å². The highest BCUT2D eigenvalue weighted by Crippen LogP contribution is 2.13. The van der Waals surface area contributed by atoms with Crippen molar-refractivity contribution >= 4 is 17.7 Å². The van der Waals surface area contributed by atoms with E-state index in [2.05, 4.69) is 17.2 Å². The number of amides is 1. The first-order valence-corrected chi connectivity index (χ1v) is 7.09. The third-order valence-electron chi connectivity index (χ3n) is 2.46. The molecule has 17 heavy (non-hydrogen) atoms. The van der Waals surface area contributed by atoms with E-state index < -0.39 is 0 Å². The van der Waals surface area contributed by atoms with Crippen LogP contribution in [0.15, 0.2) is 17.6 Å². The minimum atomic E-state index is 0.0921. The molecule has 0 unspecified atom stereocenters. The van der Waals surface area contributed by atoms with Gasteiger partial charge in [-0.3, -0.25) is 4.79 Å². The molecule has 5 heteroatoms. The Hall–Kier alpha value is -0.970. The fourth-order valence-corrected chi connectivity index (χ4v) is 2.21. The Morgan fingerprint density at radius 2 is 2.29 bits per heavy atom. The van der Waals surface area contributed by atoms with Crippen LogP contribution in [0.4, 0.5) is 0 Å². The van der Waals surface area contributed by atoms with Gasteiger partial charge in [-0.25, -0.2) is 4.98 Å². The summed E-state index contributed by atoms with van der Waals surface area (Å²) in [5.41, 5.74) is 0. The van der Waals surface area contributed by atoms with Crippen molar-refractivity contribution in [1.82, 2.24) is 14.9 Å². The van der Waals surface area contributed by atoms with E-state index in [0.29, 0.717) is 5.75 Å². The average Bonchev–Trinajstić information content (AvgIpc) is 2.72. The molecule has 0 spiro atoms. The summed E-state index contributed by atoms with van der Waals surface area (Å²) in [5.74, 6) is 0.535. The lowest BCUT2D eigenvalue weighted by molar-refractivity contribution is -0.118. The fourth-order valence-electron chi connectivity index (χ4n) is 1.45. The molecule has 0 fully saturated rings. The molecule has 1 aromatic heterocycles. The number of hydrogen-bond donors (Lipinski definition) is 1. The van der Waals surface area contributed by atoms with Crippen LogP contribution in [-0.2, 0) is 11.8 Å². The van der Waals surface area contributed by atoms with Gasteiger partial charge >= 0.3 is 0 Å². The Balaban J connectivity index is 2.07. The number of nitrogens with one attached hydrogen (secondary N) is 1. The van der Waals surface area contributed by atoms with Crippen molar-refractivity contribution in [3.8, 4) is 0 Å². The number of hydrogen-bond acceptors (Lipinski definition) is 3. The number of aromatic nitrogens is 2. The van der Waals surface area contributed by atoms with Crippen molar-refractivity contribution in [1.29, 1.82) is 0 Å². The maximum absolute atomic E-state index is 11.5. The van der Waals surface area contributed by atoms with Crippen molar-refractivity contribution < 1.29 is 4.79 Å². The lowest BCUT2D eigenvalue weighted by Crippen LogP contribution is -2.26. The summed E-state index contributed by atoms with van der Waals surface area (Å²) in [4.78, 5) is 15.7. The highest BCUT2D eigenvalue weighted by Gasteiger charge is 2.04. The van der Waals surface area contributed by atoms with Crippen LogP contribution >= 0.6 is 11.8 Å². The molecule has 1 heterocycles. The normalized spacial score (nSPS) is 10.5. The second-order valence-electron chi connectivity index (χ2n) is 4.02. The minimum absolute atomic E-state index is 0.0921. The van der Waals surface area contributed by atoms with Gasteiger partial charge in [0.15, 0.2) is 5.16 Å². The largest absolute Gasteiger partial charge is 0.355 e. The molecule has 1 amide bonds. The summed E-state index contributed by atoms with van der Waals surface area (Å²) in [6.07, 6.45) is 8.37. The van der Waals surface area contributed by atoms with Crippen molar-refractivity contribution in [2.24, 2.45) is 7.05 Å². The summed E-state index contributed by atoms with van der Waals surface area (Å²) < 4.78 is 1.92. The highest BCUT2D eigenvalue weighted by atomic mass is 32.2. The van der Waals surface area contributed by atoms with Crippen molar-refractivity contribution in [3.05, 3.63) is 12.4 Å². The van der Waals surface area contributed by atoms with Crippen LogP contribution in [0.2, 0.25) is 0 Å². The molecule has 0 atom stereocenters. The molecule has 0 aromatic carbocycles. The first kappa shape index (κ1) is 14.1. The Labute approximate surface area is 107 Å². The third-order valence-corrected chi connectivity index (χ3v) is 3.52. The van der Waals surface area contributed by atoms with E-state index in [1.54, 1.807) is 6.20 Å². The van der Waals surface area contributed by atoms with Crippen LogP contribution < -0.4 is 5.32 Å². The van der Waals surface area contributed by atoms with E-state index in [-0.39, 0.29) is 5.91 Å². The number of thioether (sulfide) groups is 1. The van der Waals surface area contributed by atoms with Gasteiger partial charge in [0, 0.05) is 26.0 Å². The van der Waals surface area contributed by atoms with E-state index in [1.807, 2.05) is 17.8 Å². The zero-order chi connectivity index (χ0) is 12.5. The number of carbonyl (C=O) groups excluding carboxylic acids is 1. The van der Waals surface area contributed by atoms with E-state index >= 15 is 0 Å². The third kappa shape index (κ3) is 5.77. The quantitative estimate of drug-likeness (QED) is 0.572. The molecule has 0 saturated heterocycles. The first-order chi connectivity index (χ1) is 8.24. The predicted octanol–water partition coefficient (Wildman–Crippen LogP) is 2.21. The lowest BCUT2D eigenvalue weighted by Gasteiger charge is -2.04. The van der Waals surface area contributed by atoms with Crippen LogP contribution in [-0.4, -0.2) is 27.8 Å². The molecule has 1 N–H and O–H groups in total. The van der Waals surface area contributed by atoms with Gasteiger partial charge in [0.1, 0.15) is 0 Å². The fraction of sp³-hybridized carbons (Fsp3) is 0.667. The summed E-state index contributed by atoms with van der Waals surface area (Å²) in [6, 6.07) is 0. The van der Waals surface area contributed by atoms with Crippen molar-refractivity contribution in [2.75, 3.05) is 12.3 Å². The molecular formula is C12H21N3OS. The smallest absolute Gasteiger partial charge is 0.230 e. The molecule has 0 radical (unpaired) electrons. The molecule has 1 aromatic rings. The standard InChI is InChI=1S/C12H21N3OS/c1-3-4-5-6-7-13-11(16)10-17-12-14-8-9-15(12)2/h8-9H,3-7,10H2,1-2H3,(H,13,16). The number of carbonyl (C=O) groups is 1. The lowest BCUT2D eigenvalue weighted by atomic mass is 10.2. The molecule has 0 saturated carbocycles. The van der Waals surface area contributed by atoms with E-state index in [9.17, 15) is 4.79 Å². The summed E-state index contributed by atoms with van der Waals surface area (Å²) in [6.45, 7) is 2.97. The van der Waals surface area contributed by atoms with Gasteiger partial charge < -0.3 is 9.88 Å². The van der Waals surface area contributed by atoms with Gasteiger partial charge in [0.05, 0.1) is 5.75 Å². The first-order valence-electron chi connectivity index (χ1n) is 6.11. The number of nitrogens with zero attached hydrogens (tertiary/aromatic N) is 2. The van der Waals surface area contributed by atoms with Crippen molar-refractivity contribution in [2.45, 2.75) is 37.8 Å². The molecule has 0 aliphatic heterocycles. The maximum Gasteiger partial charge on any atom is 0.230 e. The SMILES string of the molecule is CCCCCCNC(=O)CSc1nccn1C. The maximum atomic E-state index is 11.5. The Morgan fingerprint density at radius 1 is 1.47 bits per heavy atom. The van der Waals surface area contributed by atoms with E-state index in [1.165, 1.54) is 31.0 Å². The summed E-state index contributed by atoms with van der Waals surface area (Å²) >= 11 is 1.47. The average molecular weight is 255 g/mol. The van der Waals surface area contributed by atoms with Gasteiger partial charge in [-0.05, 0) is 6.42 Å². The predicted molar refractivity (Wildman–Crippen MR) is 71.1 cm³/mol. The van der Waals surface area contributed by atoms with Crippen LogP contribution in [0, 0.1) is 0 Å². The molecule has 1 rings (SSSR count). The van der Waals surface area contributed by atoms with Crippen LogP contribution in [0.3, 0.4) is 0 Å². The molecular weight excluding hydrogens is 234 g/mol. The van der Waals surface area contributed by atoms with Crippen LogP contribution in [0.1, 0.15) is 32.6 Å². The number of rotatable bonds is 8. The van der Waals surface area contributed by atoms with Gasteiger partial charge in [0.25, 0.3) is 0 Å². The second-order valence-corrected chi connectivity index (χ2v) is 4.96. The molecule has 4 nitrogen and oxygen atoms in total. The zero-order valence-electron chi connectivity index (χ0n) is 10.6. The molecule has 96 valence electrons. The minimum Gasteiger partial charge on any atom is -0.355 e. The summed E-state index contributed by atoms with van der Waals surface area (Å²) in [5, 5.41) is 3.81. The number of aryl methyl sites for hydroxylation is 1. The highest BCUT2D eigenvalue weighted by molar-refractivity contribution is 7.99. The van der Waals surface area contributed by atoms with Gasteiger partial charge in [-0.1, -0.05) is 37.9 Å². The van der Waals surface area contributed by atoms with Crippen LogP contribution in [0.5, 0.6) is 0 Å². The Kier molecular flexibility index (Phi) is 6.77. The Bertz CT molecular complexity index is 338. The Morgan fingerprint density at radius 3 is 2.94 bits per heavy atom. The summed E-state index contributed by atoms with van der Waals surface area (Å²) in [7, 11) is 1.93. The van der Waals surface area contributed by atoms with Crippen LogP contribution in [0.25, 0.3) is 0 Å². The molecule has 0 bridgehead atoms. The van der Waals surface area contributed by atoms with E-state index in [0.717, 1.165) is 18.1 Å². The number of imidazole rings is 1. The molecule has 0 aliphatic rings. The topological polar surface area (TPSA) is 46.9 Å². The molecule has 0 aliphatic carbocycles. The van der Waals surface area contributed by atoms with Gasteiger partial charge in [-0.2, -0.15) is 0 Å². The van der Waals surface area contributed by atoms with Crippen molar-refractivity contribution in [3.63, 3.8) is 0 Å².